The maximum absolute atomic E-state index is 13.3. The Balaban J connectivity index is 2.28. The molecule has 0 aliphatic heterocycles. The molecule has 2 aromatic carbocycles. The van der Waals surface area contributed by atoms with E-state index in [4.69, 9.17) is 0 Å². The molecule has 0 saturated carbocycles. The highest BCUT2D eigenvalue weighted by molar-refractivity contribution is 5.88. The lowest BCUT2D eigenvalue weighted by molar-refractivity contribution is -0.140. The van der Waals surface area contributed by atoms with E-state index in [2.05, 4.69) is 23.5 Å². The molecule has 0 saturated heterocycles. The first-order valence-corrected chi connectivity index (χ1v) is 10.4. The van der Waals surface area contributed by atoms with Crippen molar-refractivity contribution in [3.63, 3.8) is 0 Å². The lowest BCUT2D eigenvalue weighted by Gasteiger charge is -2.30. The van der Waals surface area contributed by atoms with E-state index in [-0.39, 0.29) is 17.9 Å². The summed E-state index contributed by atoms with van der Waals surface area (Å²) in [5.74, 6) is -0.145. The molecule has 156 valence electrons. The van der Waals surface area contributed by atoms with Crippen LogP contribution >= 0.6 is 0 Å². The molecule has 0 unspecified atom stereocenters. The number of hydrogen-bond donors (Lipinski definition) is 1. The average molecular weight is 395 g/mol. The van der Waals surface area contributed by atoms with Gasteiger partial charge in [0.25, 0.3) is 0 Å². The van der Waals surface area contributed by atoms with E-state index >= 15 is 0 Å². The van der Waals surface area contributed by atoms with Gasteiger partial charge in [0.2, 0.25) is 11.8 Å². The molecule has 29 heavy (non-hydrogen) atoms. The lowest BCUT2D eigenvalue weighted by atomic mass is 10.0. The molecular formula is C25H34N2O2. The molecule has 4 nitrogen and oxygen atoms in total. The van der Waals surface area contributed by atoms with Crippen LogP contribution in [0.1, 0.15) is 55.0 Å². The van der Waals surface area contributed by atoms with Gasteiger partial charge in [-0.05, 0) is 57.7 Å². The van der Waals surface area contributed by atoms with Crippen LogP contribution in [0, 0.1) is 20.8 Å². The second-order valence-corrected chi connectivity index (χ2v) is 8.11. The Kier molecular flexibility index (Phi) is 8.00. The van der Waals surface area contributed by atoms with Crippen LogP contribution in [0.25, 0.3) is 0 Å². The van der Waals surface area contributed by atoms with E-state index in [9.17, 15) is 9.59 Å². The normalized spacial score (nSPS) is 12.9. The van der Waals surface area contributed by atoms with Gasteiger partial charge in [0, 0.05) is 12.6 Å². The van der Waals surface area contributed by atoms with Gasteiger partial charge in [0.1, 0.15) is 6.04 Å². The maximum Gasteiger partial charge on any atom is 0.242 e. The highest BCUT2D eigenvalue weighted by Crippen LogP contribution is 2.17. The van der Waals surface area contributed by atoms with Crippen LogP contribution in [-0.4, -0.2) is 28.8 Å². The number of rotatable bonds is 8. The molecule has 0 fully saturated rings. The first-order chi connectivity index (χ1) is 13.7. The SMILES string of the molecule is CC[C@H](C)NC(=O)[C@H](C)N(Cc1cccc(C)c1)C(=O)Cc1cc(C)ccc1C. The predicted octanol–water partition coefficient (Wildman–Crippen LogP) is 4.49. The van der Waals surface area contributed by atoms with Crippen LogP contribution in [0.3, 0.4) is 0 Å². The third-order valence-electron chi connectivity index (χ3n) is 5.45. The van der Waals surface area contributed by atoms with E-state index in [1.54, 1.807) is 4.90 Å². The molecule has 2 rings (SSSR count). The predicted molar refractivity (Wildman–Crippen MR) is 119 cm³/mol. The van der Waals surface area contributed by atoms with Gasteiger partial charge in [0.05, 0.1) is 6.42 Å². The Morgan fingerprint density at radius 3 is 2.34 bits per heavy atom. The smallest absolute Gasteiger partial charge is 0.242 e. The molecule has 0 aliphatic rings. The van der Waals surface area contributed by atoms with Crippen LogP contribution in [0.4, 0.5) is 0 Å². The van der Waals surface area contributed by atoms with Crippen LogP contribution in [0.2, 0.25) is 0 Å². The first-order valence-electron chi connectivity index (χ1n) is 10.4. The number of benzene rings is 2. The van der Waals surface area contributed by atoms with Crippen molar-refractivity contribution < 1.29 is 9.59 Å². The van der Waals surface area contributed by atoms with Crippen molar-refractivity contribution in [2.24, 2.45) is 0 Å². The van der Waals surface area contributed by atoms with Crippen LogP contribution in [0.5, 0.6) is 0 Å². The van der Waals surface area contributed by atoms with Crippen LogP contribution < -0.4 is 5.32 Å². The topological polar surface area (TPSA) is 49.4 Å². The van der Waals surface area contributed by atoms with Crippen molar-refractivity contribution in [2.75, 3.05) is 0 Å². The van der Waals surface area contributed by atoms with Gasteiger partial charge in [-0.15, -0.1) is 0 Å². The molecule has 0 aromatic heterocycles. The lowest BCUT2D eigenvalue weighted by Crippen LogP contribution is -2.50. The molecular weight excluding hydrogens is 360 g/mol. The number of carbonyl (C=O) groups is 2. The Morgan fingerprint density at radius 2 is 1.69 bits per heavy atom. The van der Waals surface area contributed by atoms with Crippen molar-refractivity contribution in [2.45, 2.75) is 73.0 Å². The van der Waals surface area contributed by atoms with E-state index in [0.29, 0.717) is 13.0 Å². The minimum Gasteiger partial charge on any atom is -0.352 e. The van der Waals surface area contributed by atoms with Crippen molar-refractivity contribution >= 4 is 11.8 Å². The van der Waals surface area contributed by atoms with E-state index < -0.39 is 6.04 Å². The van der Waals surface area contributed by atoms with Gasteiger partial charge in [-0.3, -0.25) is 9.59 Å². The molecule has 2 atom stereocenters. The maximum atomic E-state index is 13.3. The van der Waals surface area contributed by atoms with E-state index in [1.165, 1.54) is 0 Å². The highest BCUT2D eigenvalue weighted by Gasteiger charge is 2.27. The summed E-state index contributed by atoms with van der Waals surface area (Å²) in [6.07, 6.45) is 1.15. The van der Waals surface area contributed by atoms with Crippen molar-refractivity contribution in [3.8, 4) is 0 Å². The summed E-state index contributed by atoms with van der Waals surface area (Å²) in [7, 11) is 0. The molecule has 4 heteroatoms. The van der Waals surface area contributed by atoms with Gasteiger partial charge < -0.3 is 10.2 Å². The largest absolute Gasteiger partial charge is 0.352 e. The van der Waals surface area contributed by atoms with Crippen LogP contribution in [0.15, 0.2) is 42.5 Å². The number of carbonyl (C=O) groups excluding carboxylic acids is 2. The molecule has 0 aliphatic carbocycles. The summed E-state index contributed by atoms with van der Waals surface area (Å²) in [6, 6.07) is 13.8. The Morgan fingerprint density at radius 1 is 1.00 bits per heavy atom. The molecule has 0 heterocycles. The van der Waals surface area contributed by atoms with Crippen molar-refractivity contribution in [1.29, 1.82) is 0 Å². The minimum absolute atomic E-state index is 0.0352. The van der Waals surface area contributed by atoms with Crippen molar-refractivity contribution in [3.05, 3.63) is 70.3 Å². The zero-order valence-corrected chi connectivity index (χ0v) is 18.6. The van der Waals surface area contributed by atoms with E-state index in [1.807, 2.05) is 65.8 Å². The number of amides is 2. The number of nitrogens with zero attached hydrogens (tertiary/aromatic N) is 1. The molecule has 2 amide bonds. The summed E-state index contributed by atoms with van der Waals surface area (Å²) in [5, 5.41) is 3.01. The molecule has 0 spiro atoms. The Bertz CT molecular complexity index is 860. The molecule has 0 radical (unpaired) electrons. The number of hydrogen-bond acceptors (Lipinski definition) is 2. The number of nitrogens with one attached hydrogen (secondary N) is 1. The Labute approximate surface area is 175 Å². The fraction of sp³-hybridized carbons (Fsp3) is 0.440. The van der Waals surface area contributed by atoms with E-state index in [0.717, 1.165) is 34.2 Å². The third-order valence-corrected chi connectivity index (χ3v) is 5.45. The Hall–Kier alpha value is -2.62. The zero-order chi connectivity index (χ0) is 21.6. The van der Waals surface area contributed by atoms with Crippen LogP contribution in [-0.2, 0) is 22.6 Å². The minimum atomic E-state index is -0.540. The fourth-order valence-electron chi connectivity index (χ4n) is 3.31. The fourth-order valence-corrected chi connectivity index (χ4v) is 3.31. The molecule has 0 bridgehead atoms. The monoisotopic (exact) mass is 394 g/mol. The quantitative estimate of drug-likeness (QED) is 0.717. The van der Waals surface area contributed by atoms with Gasteiger partial charge in [0.15, 0.2) is 0 Å². The van der Waals surface area contributed by atoms with Gasteiger partial charge >= 0.3 is 0 Å². The third kappa shape index (κ3) is 6.45. The van der Waals surface area contributed by atoms with Crippen molar-refractivity contribution in [1.82, 2.24) is 10.2 Å². The summed E-state index contributed by atoms with van der Waals surface area (Å²) >= 11 is 0. The summed E-state index contributed by atoms with van der Waals surface area (Å²) in [6.45, 7) is 12.3. The summed E-state index contributed by atoms with van der Waals surface area (Å²) < 4.78 is 0. The average Bonchev–Trinajstić information content (AvgIpc) is 2.68. The highest BCUT2D eigenvalue weighted by atomic mass is 16.2. The van der Waals surface area contributed by atoms with Gasteiger partial charge in [-0.2, -0.15) is 0 Å². The summed E-state index contributed by atoms with van der Waals surface area (Å²) in [5.41, 5.74) is 5.41. The van der Waals surface area contributed by atoms with Gasteiger partial charge in [-0.1, -0.05) is 60.5 Å². The zero-order valence-electron chi connectivity index (χ0n) is 18.6. The second kappa shape index (κ2) is 10.2. The number of aryl methyl sites for hydroxylation is 3. The molecule has 2 aromatic rings. The summed E-state index contributed by atoms with van der Waals surface area (Å²) in [4.78, 5) is 27.8. The standard InChI is InChI=1S/C25H34N2O2/c1-7-20(5)26-25(29)21(6)27(16-22-10-8-9-17(2)13-22)24(28)15-23-14-18(3)11-12-19(23)4/h8-14,20-21H,7,15-16H2,1-6H3,(H,26,29)/t20-,21-/m0/s1. The second-order valence-electron chi connectivity index (χ2n) is 8.11. The van der Waals surface area contributed by atoms with Gasteiger partial charge in [-0.25, -0.2) is 0 Å². The molecule has 1 N–H and O–H groups in total. The first kappa shape index (κ1) is 22.7.